The van der Waals surface area contributed by atoms with E-state index in [0.29, 0.717) is 0 Å². The van der Waals surface area contributed by atoms with E-state index >= 15 is 0 Å². The highest BCUT2D eigenvalue weighted by molar-refractivity contribution is 5.23. The molecule has 2 rings (SSSR count). The van der Waals surface area contributed by atoms with Crippen molar-refractivity contribution in [3.05, 3.63) is 35.4 Å². The molecule has 0 saturated heterocycles. The molecule has 0 nitrogen and oxygen atoms in total. The number of hydrogen-bond donors (Lipinski definition) is 0. The van der Waals surface area contributed by atoms with Crippen LogP contribution in [0, 0.1) is 11.8 Å². The van der Waals surface area contributed by atoms with Crippen molar-refractivity contribution in [2.24, 2.45) is 11.8 Å². The molecule has 0 heterocycles. The molecule has 0 spiro atoms. The van der Waals surface area contributed by atoms with Crippen LogP contribution in [0.3, 0.4) is 0 Å². The lowest BCUT2D eigenvalue weighted by molar-refractivity contribution is 0.255. The van der Waals surface area contributed by atoms with Crippen LogP contribution in [0.25, 0.3) is 0 Å². The first-order valence-electron chi connectivity index (χ1n) is 8.81. The highest BCUT2D eigenvalue weighted by atomic mass is 14.2. The molecule has 1 fully saturated rings. The summed E-state index contributed by atoms with van der Waals surface area (Å²) in [6.07, 6.45) is 11.2. The molecule has 20 heavy (non-hydrogen) atoms. The maximum Gasteiger partial charge on any atom is -0.0307 e. The van der Waals surface area contributed by atoms with E-state index in [9.17, 15) is 0 Å². The van der Waals surface area contributed by atoms with E-state index in [1.54, 1.807) is 0 Å². The first-order valence-corrected chi connectivity index (χ1v) is 8.81. The second kappa shape index (κ2) is 10.0. The first kappa shape index (κ1) is 17.3. The van der Waals surface area contributed by atoms with Crippen molar-refractivity contribution in [3.8, 4) is 0 Å². The Morgan fingerprint density at radius 3 is 1.75 bits per heavy atom. The van der Waals surface area contributed by atoms with Crippen molar-refractivity contribution in [2.45, 2.75) is 79.1 Å². The van der Waals surface area contributed by atoms with Crippen LogP contribution in [0.4, 0.5) is 0 Å². The van der Waals surface area contributed by atoms with Crippen LogP contribution in [-0.2, 0) is 12.8 Å². The third kappa shape index (κ3) is 6.11. The van der Waals surface area contributed by atoms with Crippen molar-refractivity contribution < 1.29 is 0 Å². The molecule has 1 aromatic rings. The minimum absolute atomic E-state index is 1.07. The van der Waals surface area contributed by atoms with E-state index < -0.39 is 0 Å². The smallest absolute Gasteiger partial charge is 0.0307 e. The maximum absolute atomic E-state index is 2.34. The van der Waals surface area contributed by atoms with Crippen LogP contribution in [0.15, 0.2) is 24.3 Å². The van der Waals surface area contributed by atoms with Crippen molar-refractivity contribution >= 4 is 0 Å². The molecular weight excluding hydrogens is 240 g/mol. The number of benzene rings is 1. The molecule has 0 N–H and O–H groups in total. The van der Waals surface area contributed by atoms with Crippen LogP contribution in [-0.4, -0.2) is 0 Å². The third-order valence-electron chi connectivity index (χ3n) is 4.85. The summed E-state index contributed by atoms with van der Waals surface area (Å²) in [4.78, 5) is 0. The molecule has 0 bridgehead atoms. The predicted octanol–water partition coefficient (Wildman–Crippen LogP) is 6.42. The van der Waals surface area contributed by atoms with Crippen molar-refractivity contribution in [2.75, 3.05) is 0 Å². The normalized spacial score (nSPS) is 22.0. The topological polar surface area (TPSA) is 0 Å². The largest absolute Gasteiger partial charge is 0.0651 e. The van der Waals surface area contributed by atoms with Gasteiger partial charge >= 0.3 is 0 Å². The first-order chi connectivity index (χ1) is 9.73. The van der Waals surface area contributed by atoms with E-state index in [1.807, 2.05) is 0 Å². The van der Waals surface area contributed by atoms with Crippen molar-refractivity contribution in [1.29, 1.82) is 0 Å². The Morgan fingerprint density at radius 2 is 1.35 bits per heavy atom. The van der Waals surface area contributed by atoms with Crippen LogP contribution < -0.4 is 0 Å². The molecule has 2 atom stereocenters. The second-order valence-electron chi connectivity index (χ2n) is 6.24. The summed E-state index contributed by atoms with van der Waals surface area (Å²) in [7, 11) is 0. The molecule has 0 heteroatoms. The van der Waals surface area contributed by atoms with Gasteiger partial charge in [-0.3, -0.25) is 0 Å². The summed E-state index contributed by atoms with van der Waals surface area (Å²) in [5.74, 6) is 2.14. The molecule has 1 saturated carbocycles. The zero-order chi connectivity index (χ0) is 14.8. The Kier molecular flexibility index (Phi) is 8.65. The Balaban J connectivity index is 0.000000200. The Hall–Kier alpha value is -0.780. The van der Waals surface area contributed by atoms with Crippen molar-refractivity contribution in [3.63, 3.8) is 0 Å². The minimum Gasteiger partial charge on any atom is -0.0651 e. The van der Waals surface area contributed by atoms with Crippen LogP contribution in [0.5, 0.6) is 0 Å². The van der Waals surface area contributed by atoms with Gasteiger partial charge in [0, 0.05) is 0 Å². The molecule has 0 radical (unpaired) electrons. The molecule has 1 aliphatic rings. The fourth-order valence-corrected chi connectivity index (χ4v) is 3.21. The molecule has 114 valence electrons. The van der Waals surface area contributed by atoms with Gasteiger partial charge in [0.25, 0.3) is 0 Å². The van der Waals surface area contributed by atoms with E-state index in [4.69, 9.17) is 0 Å². The average Bonchev–Trinajstić information content (AvgIpc) is 2.55. The molecule has 0 aliphatic heterocycles. The lowest BCUT2D eigenvalue weighted by Crippen LogP contribution is -2.13. The summed E-state index contributed by atoms with van der Waals surface area (Å²) in [5, 5.41) is 0. The van der Waals surface area contributed by atoms with E-state index in [1.165, 1.54) is 49.7 Å². The molecule has 0 amide bonds. The van der Waals surface area contributed by atoms with Gasteiger partial charge in [0.2, 0.25) is 0 Å². The van der Waals surface area contributed by atoms with Gasteiger partial charge in [-0.2, -0.15) is 0 Å². The molecule has 1 aliphatic carbocycles. The van der Waals surface area contributed by atoms with Gasteiger partial charge in [-0.1, -0.05) is 84.1 Å². The molecular formula is C20H34. The summed E-state index contributed by atoms with van der Waals surface area (Å²) in [5.41, 5.74) is 2.89. The molecule has 1 aromatic carbocycles. The van der Waals surface area contributed by atoms with Gasteiger partial charge in [-0.15, -0.1) is 0 Å². The van der Waals surface area contributed by atoms with Gasteiger partial charge < -0.3 is 0 Å². The summed E-state index contributed by atoms with van der Waals surface area (Å²) in [6.45, 7) is 9.05. The number of rotatable bonds is 4. The van der Waals surface area contributed by atoms with Crippen molar-refractivity contribution in [1.82, 2.24) is 0 Å². The van der Waals surface area contributed by atoms with Gasteiger partial charge in [0.15, 0.2) is 0 Å². The predicted molar refractivity (Wildman–Crippen MR) is 91.2 cm³/mol. The molecule has 0 aromatic heterocycles. The fraction of sp³-hybridized carbons (Fsp3) is 0.700. The van der Waals surface area contributed by atoms with E-state index in [0.717, 1.165) is 24.7 Å². The van der Waals surface area contributed by atoms with E-state index in [-0.39, 0.29) is 0 Å². The van der Waals surface area contributed by atoms with Crippen LogP contribution in [0.2, 0.25) is 0 Å². The lowest BCUT2D eigenvalue weighted by atomic mass is 9.79. The SMILES string of the molecule is CCC1CCCC(CC)C1.CCc1cccc(CC)c1. The van der Waals surface area contributed by atoms with Crippen LogP contribution >= 0.6 is 0 Å². The fourth-order valence-electron chi connectivity index (χ4n) is 3.21. The Morgan fingerprint density at radius 1 is 0.850 bits per heavy atom. The minimum atomic E-state index is 1.07. The van der Waals surface area contributed by atoms with Gasteiger partial charge in [0.05, 0.1) is 0 Å². The highest BCUT2D eigenvalue weighted by Crippen LogP contribution is 2.32. The second-order valence-corrected chi connectivity index (χ2v) is 6.24. The average molecular weight is 274 g/mol. The van der Waals surface area contributed by atoms with E-state index in [2.05, 4.69) is 52.0 Å². The quantitative estimate of drug-likeness (QED) is 0.594. The maximum atomic E-state index is 2.34. The monoisotopic (exact) mass is 274 g/mol. The Bertz CT molecular complexity index is 324. The van der Waals surface area contributed by atoms with Gasteiger partial charge in [-0.25, -0.2) is 0 Å². The Labute approximate surface area is 127 Å². The zero-order valence-corrected chi connectivity index (χ0v) is 14.1. The molecule has 2 unspecified atom stereocenters. The zero-order valence-electron chi connectivity index (χ0n) is 14.1. The summed E-state index contributed by atoms with van der Waals surface area (Å²) in [6, 6.07) is 8.77. The summed E-state index contributed by atoms with van der Waals surface area (Å²) >= 11 is 0. The van der Waals surface area contributed by atoms with Gasteiger partial charge in [-0.05, 0) is 42.2 Å². The summed E-state index contributed by atoms with van der Waals surface area (Å²) < 4.78 is 0. The number of aryl methyl sites for hydroxylation is 2. The lowest BCUT2D eigenvalue weighted by Gasteiger charge is -2.27. The standard InChI is InChI=1S/C10H20.C10H14/c2*1-3-9-6-5-7-10(4-2)8-9/h9-10H,3-8H2,1-2H3;5-8H,3-4H2,1-2H3. The number of hydrogen-bond acceptors (Lipinski definition) is 0. The van der Waals surface area contributed by atoms with Crippen LogP contribution in [0.1, 0.15) is 77.3 Å². The highest BCUT2D eigenvalue weighted by Gasteiger charge is 2.18. The third-order valence-corrected chi connectivity index (χ3v) is 4.85. The van der Waals surface area contributed by atoms with Gasteiger partial charge in [0.1, 0.15) is 0 Å².